The number of primary amides is 2. The molecule has 4 N–H and O–H groups in total. The highest BCUT2D eigenvalue weighted by Gasteiger charge is 2.34. The number of nitrogens with zero attached hydrogens (tertiary/aromatic N) is 1. The summed E-state index contributed by atoms with van der Waals surface area (Å²) in [7, 11) is 1.38. The van der Waals surface area contributed by atoms with Gasteiger partial charge in [-0.2, -0.15) is 0 Å². The first kappa shape index (κ1) is 20.5. The number of ether oxygens (including phenoxy) is 2. The maximum Gasteiger partial charge on any atom is 0.255 e. The Morgan fingerprint density at radius 3 is 2.48 bits per heavy atom. The molecule has 152 valence electrons. The molecule has 3 rings (SSSR count). The average molecular weight is 418 g/mol. The molecule has 0 aliphatic carbocycles. The molecule has 9 heteroatoms. The van der Waals surface area contributed by atoms with Crippen molar-refractivity contribution in [3.05, 3.63) is 58.1 Å². The zero-order valence-electron chi connectivity index (χ0n) is 15.7. The molecule has 2 aromatic rings. The largest absolute Gasteiger partial charge is 0.493 e. The minimum Gasteiger partial charge on any atom is -0.493 e. The Bertz CT molecular complexity index is 979. The fourth-order valence-corrected chi connectivity index (χ4v) is 3.55. The number of rotatable bonds is 6. The monoisotopic (exact) mass is 417 g/mol. The molecule has 8 nitrogen and oxygen atoms in total. The summed E-state index contributed by atoms with van der Waals surface area (Å²) in [6.45, 7) is -0.154. The Labute approximate surface area is 172 Å². The molecule has 3 amide bonds. The van der Waals surface area contributed by atoms with Crippen LogP contribution in [-0.2, 0) is 22.6 Å². The molecule has 29 heavy (non-hydrogen) atoms. The summed E-state index contributed by atoms with van der Waals surface area (Å²) in [5.74, 6) is -1.44. The van der Waals surface area contributed by atoms with Crippen LogP contribution in [0.4, 0.5) is 0 Å². The zero-order chi connectivity index (χ0) is 21.1. The molecule has 0 fully saturated rings. The molecule has 2 aromatic carbocycles. The molecule has 0 spiro atoms. The van der Waals surface area contributed by atoms with Crippen LogP contribution in [-0.4, -0.2) is 42.4 Å². The summed E-state index contributed by atoms with van der Waals surface area (Å²) < 4.78 is 10.5. The van der Waals surface area contributed by atoms with Crippen molar-refractivity contribution in [3.63, 3.8) is 0 Å². The van der Waals surface area contributed by atoms with E-state index in [1.165, 1.54) is 24.1 Å². The molecule has 0 aromatic heterocycles. The maximum atomic E-state index is 13.2. The number of fused-ring (bicyclic) bond motifs is 1. The van der Waals surface area contributed by atoms with E-state index in [1.54, 1.807) is 0 Å². The van der Waals surface area contributed by atoms with Crippen molar-refractivity contribution in [2.45, 2.75) is 19.0 Å². The number of amides is 3. The Balaban J connectivity index is 1.95. The van der Waals surface area contributed by atoms with Crippen LogP contribution in [0.5, 0.6) is 11.5 Å². The van der Waals surface area contributed by atoms with Crippen molar-refractivity contribution >= 4 is 29.3 Å². The van der Waals surface area contributed by atoms with E-state index in [0.717, 1.165) is 11.1 Å². The maximum absolute atomic E-state index is 13.2. The van der Waals surface area contributed by atoms with Gasteiger partial charge in [0.1, 0.15) is 6.04 Å². The van der Waals surface area contributed by atoms with Gasteiger partial charge in [0.15, 0.2) is 18.1 Å². The molecule has 1 heterocycles. The number of hydrogen-bond acceptors (Lipinski definition) is 5. The van der Waals surface area contributed by atoms with Gasteiger partial charge in [-0.25, -0.2) is 0 Å². The lowest BCUT2D eigenvalue weighted by Crippen LogP contribution is -2.51. The summed E-state index contributed by atoms with van der Waals surface area (Å²) in [6.07, 6.45) is 0.335. The third-order valence-corrected chi connectivity index (χ3v) is 4.95. The van der Waals surface area contributed by atoms with E-state index in [9.17, 15) is 14.4 Å². The van der Waals surface area contributed by atoms with E-state index in [4.69, 9.17) is 32.5 Å². The van der Waals surface area contributed by atoms with Crippen LogP contribution >= 0.6 is 11.6 Å². The molecule has 1 atom stereocenters. The van der Waals surface area contributed by atoms with Gasteiger partial charge in [-0.3, -0.25) is 14.4 Å². The van der Waals surface area contributed by atoms with Crippen molar-refractivity contribution < 1.29 is 23.9 Å². The van der Waals surface area contributed by atoms with Crippen LogP contribution in [0, 0.1) is 0 Å². The highest BCUT2D eigenvalue weighted by Crippen LogP contribution is 2.37. The van der Waals surface area contributed by atoms with Gasteiger partial charge in [0.2, 0.25) is 5.91 Å². The summed E-state index contributed by atoms with van der Waals surface area (Å²) in [6, 6.07) is 9.61. The first-order chi connectivity index (χ1) is 13.8. The van der Waals surface area contributed by atoms with Crippen LogP contribution in [0.1, 0.15) is 21.5 Å². The van der Waals surface area contributed by atoms with Gasteiger partial charge in [0.25, 0.3) is 11.8 Å². The van der Waals surface area contributed by atoms with Crippen molar-refractivity contribution in [1.82, 2.24) is 4.90 Å². The Kier molecular flexibility index (Phi) is 5.93. The second-order valence-corrected chi connectivity index (χ2v) is 6.98. The number of halogens is 1. The Morgan fingerprint density at radius 2 is 1.86 bits per heavy atom. The number of carbonyl (C=O) groups is 3. The summed E-state index contributed by atoms with van der Waals surface area (Å²) in [5.41, 5.74) is 12.8. The smallest absolute Gasteiger partial charge is 0.255 e. The summed E-state index contributed by atoms with van der Waals surface area (Å²) in [5, 5.41) is 0.0713. The van der Waals surface area contributed by atoms with E-state index in [1.807, 2.05) is 24.3 Å². The van der Waals surface area contributed by atoms with Crippen molar-refractivity contribution in [2.24, 2.45) is 11.5 Å². The second-order valence-electron chi connectivity index (χ2n) is 6.57. The number of carbonyl (C=O) groups excluding carboxylic acids is 3. The molecule has 0 bridgehead atoms. The minimum atomic E-state index is -0.784. The van der Waals surface area contributed by atoms with E-state index in [2.05, 4.69) is 0 Å². The van der Waals surface area contributed by atoms with Gasteiger partial charge in [-0.1, -0.05) is 35.9 Å². The number of hydrogen-bond donors (Lipinski definition) is 2. The van der Waals surface area contributed by atoms with Crippen molar-refractivity contribution in [2.75, 3.05) is 13.7 Å². The van der Waals surface area contributed by atoms with Gasteiger partial charge in [-0.05, 0) is 23.3 Å². The van der Waals surface area contributed by atoms with Gasteiger partial charge in [-0.15, -0.1) is 0 Å². The van der Waals surface area contributed by atoms with Crippen LogP contribution in [0.25, 0.3) is 0 Å². The zero-order valence-corrected chi connectivity index (χ0v) is 16.4. The first-order valence-corrected chi connectivity index (χ1v) is 9.15. The number of benzene rings is 2. The number of nitrogens with two attached hydrogens (primary N) is 2. The van der Waals surface area contributed by atoms with Crippen LogP contribution in [0.2, 0.25) is 5.02 Å². The third kappa shape index (κ3) is 4.27. The number of methoxy groups -OCH3 is 1. The van der Waals surface area contributed by atoms with Gasteiger partial charge in [0.05, 0.1) is 12.1 Å². The lowest BCUT2D eigenvalue weighted by molar-refractivity contribution is -0.123. The quantitative estimate of drug-likeness (QED) is 0.732. The summed E-state index contributed by atoms with van der Waals surface area (Å²) in [4.78, 5) is 37.6. The predicted octanol–water partition coefficient (Wildman–Crippen LogP) is 1.27. The van der Waals surface area contributed by atoms with Gasteiger partial charge >= 0.3 is 0 Å². The Morgan fingerprint density at radius 1 is 1.17 bits per heavy atom. The lowest BCUT2D eigenvalue weighted by atomic mass is 9.93. The first-order valence-electron chi connectivity index (χ1n) is 8.77. The summed E-state index contributed by atoms with van der Waals surface area (Å²) >= 11 is 6.24. The van der Waals surface area contributed by atoms with Gasteiger partial charge in [0, 0.05) is 18.5 Å². The minimum absolute atomic E-state index is 0.0713. The molecule has 0 radical (unpaired) electrons. The fraction of sp³-hybridized carbons (Fsp3) is 0.250. The highest BCUT2D eigenvalue weighted by molar-refractivity contribution is 6.32. The topological polar surface area (TPSA) is 125 Å². The molecular weight excluding hydrogens is 398 g/mol. The average Bonchev–Trinajstić information content (AvgIpc) is 2.70. The van der Waals surface area contributed by atoms with Crippen molar-refractivity contribution in [3.8, 4) is 11.5 Å². The lowest BCUT2D eigenvalue weighted by Gasteiger charge is -2.35. The molecular formula is C20H20ClN3O5. The fourth-order valence-electron chi connectivity index (χ4n) is 3.28. The molecule has 0 unspecified atom stereocenters. The SMILES string of the molecule is COc1cc(C(=O)N2Cc3ccccc3C[C@@H]2C(N)=O)cc(Cl)c1OCC(N)=O. The molecule has 1 aliphatic heterocycles. The van der Waals surface area contributed by atoms with Crippen LogP contribution < -0.4 is 20.9 Å². The van der Waals surface area contributed by atoms with Crippen molar-refractivity contribution in [1.29, 1.82) is 0 Å². The standard InChI is InChI=1S/C20H20ClN3O5/c1-28-16-8-13(6-14(21)18(16)29-10-17(22)25)20(27)24-9-12-5-3-2-4-11(12)7-15(24)19(23)26/h2-6,8,15H,7,9-10H2,1H3,(H2,22,25)(H2,23,26)/t15-/m1/s1. The molecule has 0 saturated heterocycles. The molecule has 1 aliphatic rings. The van der Waals surface area contributed by atoms with E-state index < -0.39 is 30.4 Å². The third-order valence-electron chi connectivity index (χ3n) is 4.67. The molecule has 0 saturated carbocycles. The highest BCUT2D eigenvalue weighted by atomic mass is 35.5. The van der Waals surface area contributed by atoms with E-state index in [-0.39, 0.29) is 28.6 Å². The van der Waals surface area contributed by atoms with E-state index in [0.29, 0.717) is 6.42 Å². The second kappa shape index (κ2) is 8.40. The van der Waals surface area contributed by atoms with Crippen LogP contribution in [0.3, 0.4) is 0 Å². The van der Waals surface area contributed by atoms with Gasteiger partial charge < -0.3 is 25.8 Å². The Hall–Kier alpha value is -3.26. The predicted molar refractivity (Wildman–Crippen MR) is 106 cm³/mol. The van der Waals surface area contributed by atoms with E-state index >= 15 is 0 Å². The van der Waals surface area contributed by atoms with Crippen LogP contribution in [0.15, 0.2) is 36.4 Å². The normalized spacial score (nSPS) is 15.4.